The Kier molecular flexibility index (Phi) is 9.81. The molecule has 1 heterocycles. The van der Waals surface area contributed by atoms with Crippen molar-refractivity contribution in [2.45, 2.75) is 38.3 Å². The first-order valence-corrected chi connectivity index (χ1v) is 12.5. The smallest absolute Gasteiger partial charge is 0.317 e. The summed E-state index contributed by atoms with van der Waals surface area (Å²) in [7, 11) is 4.01. The fraction of sp³-hybridized carbons (Fsp3) is 0.481. The van der Waals surface area contributed by atoms with Crippen LogP contribution in [-0.2, 0) is 9.59 Å². The van der Waals surface area contributed by atoms with Crippen LogP contribution in [0.5, 0.6) is 0 Å². The number of nitrogens with one attached hydrogen (secondary N) is 2. The van der Waals surface area contributed by atoms with Gasteiger partial charge in [-0.3, -0.25) is 14.6 Å². The highest BCUT2D eigenvalue weighted by Gasteiger charge is 2.24. The summed E-state index contributed by atoms with van der Waals surface area (Å²) in [6.07, 6.45) is 17.0. The zero-order chi connectivity index (χ0) is 26.1. The Balaban J connectivity index is 1.58. The molecule has 36 heavy (non-hydrogen) atoms. The topological polar surface area (TPSA) is 120 Å². The van der Waals surface area contributed by atoms with Crippen LogP contribution >= 0.6 is 0 Å². The minimum Gasteiger partial charge on any atom is -0.400 e. The third kappa shape index (κ3) is 8.05. The number of urea groups is 1. The van der Waals surface area contributed by atoms with Crippen molar-refractivity contribution in [3.8, 4) is 0 Å². The number of ketones is 1. The molecule has 4 N–H and O–H groups in total. The van der Waals surface area contributed by atoms with Crippen LogP contribution < -0.4 is 16.4 Å². The first-order chi connectivity index (χ1) is 17.2. The van der Waals surface area contributed by atoms with E-state index >= 15 is 0 Å². The predicted octanol–water partition coefficient (Wildman–Crippen LogP) is 1.71. The second-order valence-corrected chi connectivity index (χ2v) is 9.68. The fourth-order valence-electron chi connectivity index (χ4n) is 4.25. The van der Waals surface area contributed by atoms with Crippen molar-refractivity contribution in [1.82, 2.24) is 20.4 Å². The van der Waals surface area contributed by atoms with Crippen molar-refractivity contribution < 1.29 is 14.4 Å². The monoisotopic (exact) mass is 494 g/mol. The third-order valence-electron chi connectivity index (χ3n) is 6.32. The van der Waals surface area contributed by atoms with Crippen LogP contribution in [0.15, 0.2) is 64.9 Å². The number of carbonyl (C=O) groups is 3. The van der Waals surface area contributed by atoms with E-state index in [1.165, 1.54) is 6.92 Å². The summed E-state index contributed by atoms with van der Waals surface area (Å²) in [5.41, 5.74) is 7.59. The Morgan fingerprint density at radius 1 is 1.11 bits per heavy atom. The molecule has 9 nitrogen and oxygen atoms in total. The largest absolute Gasteiger partial charge is 0.400 e. The maximum atomic E-state index is 13.2. The van der Waals surface area contributed by atoms with E-state index in [0.29, 0.717) is 49.5 Å². The molecule has 3 aliphatic rings. The lowest BCUT2D eigenvalue weighted by Crippen LogP contribution is -2.47. The van der Waals surface area contributed by atoms with Crippen molar-refractivity contribution in [3.05, 3.63) is 59.9 Å². The van der Waals surface area contributed by atoms with Gasteiger partial charge in [-0.1, -0.05) is 36.5 Å². The van der Waals surface area contributed by atoms with E-state index in [1.807, 2.05) is 44.5 Å². The van der Waals surface area contributed by atoms with Crippen molar-refractivity contribution >= 4 is 23.4 Å². The quantitative estimate of drug-likeness (QED) is 0.427. The number of Topliss-reactive ketones (excluding diaryl/α,β-unsaturated/α-hetero) is 1. The van der Waals surface area contributed by atoms with E-state index in [1.54, 1.807) is 23.1 Å². The molecule has 1 aliphatic heterocycles. The SMILES string of the molecule is CC(=O)C1=CC(NC(=O)N(CCCN(C)C)CC2C=CC(C(=O)NC3CC=CC=C3N)=NC2)CC=C1. The van der Waals surface area contributed by atoms with Gasteiger partial charge in [0.1, 0.15) is 5.71 Å². The molecule has 3 amide bonds. The van der Waals surface area contributed by atoms with E-state index in [-0.39, 0.29) is 35.7 Å². The summed E-state index contributed by atoms with van der Waals surface area (Å²) < 4.78 is 0. The maximum Gasteiger partial charge on any atom is 0.317 e. The summed E-state index contributed by atoms with van der Waals surface area (Å²) in [6.45, 7) is 3.89. The average molecular weight is 495 g/mol. The first kappa shape index (κ1) is 27.1. The number of dihydropyridines is 1. The van der Waals surface area contributed by atoms with E-state index in [9.17, 15) is 14.4 Å². The van der Waals surface area contributed by atoms with Crippen LogP contribution in [0.2, 0.25) is 0 Å². The van der Waals surface area contributed by atoms with Gasteiger partial charge in [0.15, 0.2) is 5.78 Å². The second kappa shape index (κ2) is 13.0. The zero-order valence-electron chi connectivity index (χ0n) is 21.4. The highest BCUT2D eigenvalue weighted by Crippen LogP contribution is 2.15. The van der Waals surface area contributed by atoms with Gasteiger partial charge >= 0.3 is 6.03 Å². The average Bonchev–Trinajstić information content (AvgIpc) is 2.85. The first-order valence-electron chi connectivity index (χ1n) is 12.5. The van der Waals surface area contributed by atoms with E-state index < -0.39 is 0 Å². The molecule has 0 aromatic heterocycles. The fourth-order valence-corrected chi connectivity index (χ4v) is 4.25. The van der Waals surface area contributed by atoms with Gasteiger partial charge in [-0.05, 0) is 59.0 Å². The van der Waals surface area contributed by atoms with Gasteiger partial charge in [0, 0.05) is 36.8 Å². The number of hydrogen-bond donors (Lipinski definition) is 3. The molecule has 194 valence electrons. The number of nitrogens with two attached hydrogens (primary N) is 1. The lowest BCUT2D eigenvalue weighted by atomic mass is 10.0. The van der Waals surface area contributed by atoms with Crippen molar-refractivity contribution in [2.75, 3.05) is 40.3 Å². The summed E-state index contributed by atoms with van der Waals surface area (Å²) >= 11 is 0. The molecule has 0 aromatic rings. The number of aliphatic imine (C=N–C) groups is 1. The van der Waals surface area contributed by atoms with Crippen LogP contribution in [0.1, 0.15) is 26.2 Å². The molecule has 0 bridgehead atoms. The molecule has 3 atom stereocenters. The number of rotatable bonds is 10. The molecule has 0 fully saturated rings. The van der Waals surface area contributed by atoms with Gasteiger partial charge in [0.05, 0.1) is 12.1 Å². The molecule has 9 heteroatoms. The third-order valence-corrected chi connectivity index (χ3v) is 6.32. The highest BCUT2D eigenvalue weighted by atomic mass is 16.2. The molecule has 0 saturated carbocycles. The summed E-state index contributed by atoms with van der Waals surface area (Å²) in [5.74, 6) is -0.263. The Hall–Kier alpha value is -3.46. The van der Waals surface area contributed by atoms with Gasteiger partial charge in [-0.15, -0.1) is 0 Å². The number of hydrogen-bond acceptors (Lipinski definition) is 6. The van der Waals surface area contributed by atoms with Crippen LogP contribution in [0, 0.1) is 5.92 Å². The zero-order valence-corrected chi connectivity index (χ0v) is 21.4. The van der Waals surface area contributed by atoms with Crippen molar-refractivity contribution in [1.29, 1.82) is 0 Å². The standard InChI is InChI=1S/C27H38N6O3/c1-19(34)21-8-6-9-22(16-21)30-27(36)33(15-7-14-32(2)3)18-20-12-13-25(29-17-20)26(35)31-24-11-5-4-10-23(24)28/h4-6,8,10,12-13,16,20,22,24H,7,9,11,14-15,17-18,28H2,1-3H3,(H,30,36)(H,31,35). The Morgan fingerprint density at radius 2 is 1.92 bits per heavy atom. The lowest BCUT2D eigenvalue weighted by molar-refractivity contribution is -0.115. The van der Waals surface area contributed by atoms with E-state index in [2.05, 4.69) is 20.5 Å². The minimum atomic E-state index is -0.250. The van der Waals surface area contributed by atoms with Crippen LogP contribution in [0.25, 0.3) is 0 Å². The van der Waals surface area contributed by atoms with Crippen molar-refractivity contribution in [3.63, 3.8) is 0 Å². The van der Waals surface area contributed by atoms with Gasteiger partial charge in [-0.25, -0.2) is 4.79 Å². The normalized spacial score (nSPS) is 23.0. The predicted molar refractivity (Wildman–Crippen MR) is 142 cm³/mol. The van der Waals surface area contributed by atoms with Gasteiger partial charge in [0.2, 0.25) is 0 Å². The molecular weight excluding hydrogens is 456 g/mol. The molecule has 0 radical (unpaired) electrons. The lowest BCUT2D eigenvalue weighted by Gasteiger charge is -2.29. The number of allylic oxidation sites excluding steroid dienone is 4. The van der Waals surface area contributed by atoms with E-state index in [4.69, 9.17) is 5.73 Å². The molecular formula is C27H38N6O3. The Morgan fingerprint density at radius 3 is 2.58 bits per heavy atom. The Bertz CT molecular complexity index is 1020. The Labute approximate surface area is 213 Å². The number of carbonyl (C=O) groups excluding carboxylic acids is 3. The van der Waals surface area contributed by atoms with Crippen LogP contribution in [0.3, 0.4) is 0 Å². The van der Waals surface area contributed by atoms with Crippen LogP contribution in [0.4, 0.5) is 4.79 Å². The van der Waals surface area contributed by atoms with Gasteiger partial charge < -0.3 is 26.2 Å². The molecule has 0 spiro atoms. The number of nitrogens with zero attached hydrogens (tertiary/aromatic N) is 3. The second-order valence-electron chi connectivity index (χ2n) is 9.68. The molecule has 0 saturated heterocycles. The highest BCUT2D eigenvalue weighted by molar-refractivity contribution is 6.43. The summed E-state index contributed by atoms with van der Waals surface area (Å²) in [5, 5.41) is 5.98. The maximum absolute atomic E-state index is 13.2. The van der Waals surface area contributed by atoms with Crippen LogP contribution in [-0.4, -0.2) is 85.6 Å². The molecule has 0 aromatic carbocycles. The summed E-state index contributed by atoms with van der Waals surface area (Å²) in [6, 6.07) is -0.606. The number of amides is 3. The van der Waals surface area contributed by atoms with Crippen molar-refractivity contribution in [2.24, 2.45) is 16.6 Å². The minimum absolute atomic E-state index is 0.00353. The van der Waals surface area contributed by atoms with Gasteiger partial charge in [-0.2, -0.15) is 0 Å². The molecule has 2 aliphatic carbocycles. The molecule has 3 rings (SSSR count). The summed E-state index contributed by atoms with van der Waals surface area (Å²) in [4.78, 5) is 45.9. The van der Waals surface area contributed by atoms with E-state index in [0.717, 1.165) is 13.0 Å². The molecule has 3 unspecified atom stereocenters. The van der Waals surface area contributed by atoms with Gasteiger partial charge in [0.25, 0.3) is 5.91 Å².